The molecule has 0 radical (unpaired) electrons. The Bertz CT molecular complexity index is 1070. The first-order chi connectivity index (χ1) is 16.0. The summed E-state index contributed by atoms with van der Waals surface area (Å²) in [4.78, 5) is 15.0. The summed E-state index contributed by atoms with van der Waals surface area (Å²) in [6.45, 7) is 5.80. The van der Waals surface area contributed by atoms with Crippen LogP contribution in [-0.4, -0.2) is 57.3 Å². The minimum Gasteiger partial charge on any atom is -0.338 e. The Morgan fingerprint density at radius 1 is 1.21 bits per heavy atom. The van der Waals surface area contributed by atoms with Gasteiger partial charge in [0.15, 0.2) is 5.82 Å². The van der Waals surface area contributed by atoms with Crippen molar-refractivity contribution in [2.45, 2.75) is 19.8 Å². The predicted octanol–water partition coefficient (Wildman–Crippen LogP) is 3.34. The molecule has 1 aromatic heterocycles. The van der Waals surface area contributed by atoms with E-state index in [9.17, 15) is 9.18 Å². The predicted molar refractivity (Wildman–Crippen MR) is 125 cm³/mol. The van der Waals surface area contributed by atoms with E-state index in [0.29, 0.717) is 29.9 Å². The number of hydrogen-bond acceptors (Lipinski definition) is 5. The normalized spacial score (nSPS) is 18.8. The average molecular weight is 452 g/mol. The Morgan fingerprint density at radius 3 is 2.79 bits per heavy atom. The lowest BCUT2D eigenvalue weighted by atomic mass is 9.87. The third-order valence-corrected chi connectivity index (χ3v) is 6.35. The summed E-state index contributed by atoms with van der Waals surface area (Å²) in [5.74, 6) is 1.36. The number of benzene rings is 2. The lowest BCUT2D eigenvalue weighted by Crippen LogP contribution is -2.45. The van der Waals surface area contributed by atoms with Crippen LogP contribution in [0.15, 0.2) is 48.5 Å². The summed E-state index contributed by atoms with van der Waals surface area (Å²) in [6, 6.07) is 14.0. The molecular formula is C24H30FN7O. The highest BCUT2D eigenvalue weighted by Gasteiger charge is 2.26. The van der Waals surface area contributed by atoms with E-state index in [-0.39, 0.29) is 11.8 Å². The van der Waals surface area contributed by atoms with Crippen LogP contribution in [0.1, 0.15) is 18.9 Å². The molecule has 0 saturated carbocycles. The maximum Gasteiger partial charge on any atom is 0.319 e. The van der Waals surface area contributed by atoms with Crippen molar-refractivity contribution in [2.75, 3.05) is 31.5 Å². The summed E-state index contributed by atoms with van der Waals surface area (Å²) in [7, 11) is 1.77. The fourth-order valence-corrected chi connectivity index (χ4v) is 4.24. The molecule has 33 heavy (non-hydrogen) atoms. The van der Waals surface area contributed by atoms with Gasteiger partial charge in [-0.3, -0.25) is 0 Å². The third-order valence-electron chi connectivity index (χ3n) is 6.35. The van der Waals surface area contributed by atoms with Gasteiger partial charge in [0.2, 0.25) is 0 Å². The number of nitrogens with zero attached hydrogens (tertiary/aromatic N) is 5. The minimum absolute atomic E-state index is 0.202. The molecule has 2 aromatic carbocycles. The molecule has 1 aliphatic heterocycles. The maximum absolute atomic E-state index is 13.1. The van der Waals surface area contributed by atoms with Gasteiger partial charge in [0.05, 0.1) is 0 Å². The largest absolute Gasteiger partial charge is 0.338 e. The van der Waals surface area contributed by atoms with Crippen molar-refractivity contribution in [3.05, 3.63) is 59.9 Å². The van der Waals surface area contributed by atoms with E-state index in [2.05, 4.69) is 38.0 Å². The van der Waals surface area contributed by atoms with Crippen LogP contribution in [0.5, 0.6) is 0 Å². The topological polar surface area (TPSA) is 88.0 Å². The molecule has 8 nitrogen and oxygen atoms in total. The Kier molecular flexibility index (Phi) is 7.29. The van der Waals surface area contributed by atoms with Crippen molar-refractivity contribution in [3.63, 3.8) is 0 Å². The SMILES string of the molecule is CC1CCN(CCc2ccc(F)cc2)CC1CNC(=O)Nc1cccc(-c2nnnn2C)c1. The van der Waals surface area contributed by atoms with Gasteiger partial charge in [0.1, 0.15) is 5.82 Å². The lowest BCUT2D eigenvalue weighted by molar-refractivity contribution is 0.129. The molecule has 2 unspecified atom stereocenters. The molecule has 4 rings (SSSR count). The van der Waals surface area contributed by atoms with E-state index < -0.39 is 0 Å². The second kappa shape index (κ2) is 10.5. The Hall–Kier alpha value is -3.33. The molecule has 9 heteroatoms. The van der Waals surface area contributed by atoms with Crippen molar-refractivity contribution >= 4 is 11.7 Å². The summed E-state index contributed by atoms with van der Waals surface area (Å²) in [5, 5.41) is 17.5. The monoisotopic (exact) mass is 451 g/mol. The van der Waals surface area contributed by atoms with Crippen molar-refractivity contribution in [3.8, 4) is 11.4 Å². The number of carbonyl (C=O) groups excluding carboxylic acids is 1. The van der Waals surface area contributed by atoms with E-state index in [0.717, 1.165) is 43.6 Å². The fourth-order valence-electron chi connectivity index (χ4n) is 4.24. The molecule has 1 fully saturated rings. The third kappa shape index (κ3) is 6.13. The van der Waals surface area contributed by atoms with Gasteiger partial charge in [-0.25, -0.2) is 13.9 Å². The smallest absolute Gasteiger partial charge is 0.319 e. The summed E-state index contributed by atoms with van der Waals surface area (Å²) < 4.78 is 14.7. The van der Waals surface area contributed by atoms with Crippen LogP contribution in [0.3, 0.4) is 0 Å². The summed E-state index contributed by atoms with van der Waals surface area (Å²) >= 11 is 0. The highest BCUT2D eigenvalue weighted by atomic mass is 19.1. The number of rotatable bonds is 7. The quantitative estimate of drug-likeness (QED) is 0.575. The van der Waals surface area contributed by atoms with Gasteiger partial charge in [-0.2, -0.15) is 0 Å². The highest BCUT2D eigenvalue weighted by Crippen LogP contribution is 2.23. The number of amides is 2. The van der Waals surface area contributed by atoms with Crippen LogP contribution in [-0.2, 0) is 13.5 Å². The van der Waals surface area contributed by atoms with Crippen molar-refractivity contribution < 1.29 is 9.18 Å². The van der Waals surface area contributed by atoms with Crippen LogP contribution in [0.4, 0.5) is 14.9 Å². The zero-order valence-corrected chi connectivity index (χ0v) is 19.0. The van der Waals surface area contributed by atoms with Crippen LogP contribution in [0, 0.1) is 17.7 Å². The second-order valence-electron chi connectivity index (χ2n) is 8.75. The van der Waals surface area contributed by atoms with E-state index in [1.807, 2.05) is 36.4 Å². The molecule has 2 atom stereocenters. The number of likely N-dealkylation sites (tertiary alicyclic amines) is 1. The Labute approximate surface area is 193 Å². The fraction of sp³-hybridized carbons (Fsp3) is 0.417. The average Bonchev–Trinajstić information content (AvgIpc) is 3.25. The lowest BCUT2D eigenvalue weighted by Gasteiger charge is -2.37. The number of aromatic nitrogens is 4. The van der Waals surface area contributed by atoms with Gasteiger partial charge < -0.3 is 15.5 Å². The molecule has 3 aromatic rings. The van der Waals surface area contributed by atoms with Gasteiger partial charge in [-0.1, -0.05) is 31.2 Å². The van der Waals surface area contributed by atoms with Crippen molar-refractivity contribution in [1.82, 2.24) is 30.4 Å². The number of tetrazole rings is 1. The Morgan fingerprint density at radius 2 is 2.03 bits per heavy atom. The first-order valence-electron chi connectivity index (χ1n) is 11.3. The number of hydrogen-bond donors (Lipinski definition) is 2. The maximum atomic E-state index is 13.1. The zero-order chi connectivity index (χ0) is 23.2. The zero-order valence-electron chi connectivity index (χ0n) is 19.0. The number of nitrogens with one attached hydrogen (secondary N) is 2. The van der Waals surface area contributed by atoms with Crippen LogP contribution < -0.4 is 10.6 Å². The number of anilines is 1. The van der Waals surface area contributed by atoms with Crippen LogP contribution in [0.2, 0.25) is 0 Å². The van der Waals surface area contributed by atoms with Gasteiger partial charge in [0, 0.05) is 37.9 Å². The van der Waals surface area contributed by atoms with Crippen LogP contribution in [0.25, 0.3) is 11.4 Å². The molecule has 0 aliphatic carbocycles. The highest BCUT2D eigenvalue weighted by molar-refractivity contribution is 5.89. The van der Waals surface area contributed by atoms with Gasteiger partial charge >= 0.3 is 6.03 Å². The molecule has 2 heterocycles. The van der Waals surface area contributed by atoms with Gasteiger partial charge in [-0.15, -0.1) is 5.10 Å². The molecule has 1 aliphatic rings. The number of carbonyl (C=O) groups is 1. The molecule has 2 N–H and O–H groups in total. The van der Waals surface area contributed by atoms with E-state index in [1.165, 1.54) is 12.1 Å². The number of aryl methyl sites for hydroxylation is 1. The molecule has 0 spiro atoms. The van der Waals surface area contributed by atoms with Crippen molar-refractivity contribution in [1.29, 1.82) is 0 Å². The number of halogens is 1. The minimum atomic E-state index is -0.223. The number of urea groups is 1. The molecule has 2 amide bonds. The summed E-state index contributed by atoms with van der Waals surface area (Å²) in [6.07, 6.45) is 2.00. The second-order valence-corrected chi connectivity index (χ2v) is 8.75. The van der Waals surface area contributed by atoms with Gasteiger partial charge in [0.25, 0.3) is 0 Å². The standard InChI is InChI=1S/C24H30FN7O/c1-17-10-12-32(13-11-18-6-8-21(25)9-7-18)16-20(17)15-26-24(33)27-22-5-3-4-19(14-22)23-28-29-30-31(23)2/h3-9,14,17,20H,10-13,15-16H2,1-2H3,(H2,26,27,33). The van der Waals surface area contributed by atoms with Crippen molar-refractivity contribution in [2.24, 2.45) is 18.9 Å². The molecule has 174 valence electrons. The Balaban J connectivity index is 1.26. The first kappa shape index (κ1) is 22.8. The molecule has 1 saturated heterocycles. The first-order valence-corrected chi connectivity index (χ1v) is 11.3. The van der Waals surface area contributed by atoms with E-state index in [4.69, 9.17) is 0 Å². The molecular weight excluding hydrogens is 421 g/mol. The molecule has 0 bridgehead atoms. The van der Waals surface area contributed by atoms with E-state index in [1.54, 1.807) is 11.7 Å². The van der Waals surface area contributed by atoms with Crippen LogP contribution >= 0.6 is 0 Å². The van der Waals surface area contributed by atoms with E-state index >= 15 is 0 Å². The van der Waals surface area contributed by atoms with Gasteiger partial charge in [-0.05, 0) is 71.5 Å². The summed E-state index contributed by atoms with van der Waals surface area (Å²) in [5.41, 5.74) is 2.66. The number of piperidine rings is 1.